The van der Waals surface area contributed by atoms with E-state index in [0.717, 1.165) is 25.8 Å². The summed E-state index contributed by atoms with van der Waals surface area (Å²) in [6, 6.07) is 0.321. The van der Waals surface area contributed by atoms with Crippen LogP contribution in [-0.2, 0) is 9.63 Å². The molecule has 1 aliphatic rings. The molecule has 0 amide bonds. The van der Waals surface area contributed by atoms with Gasteiger partial charge in [-0.1, -0.05) is 0 Å². The summed E-state index contributed by atoms with van der Waals surface area (Å²) >= 11 is 0. The fourth-order valence-corrected chi connectivity index (χ4v) is 1.65. The summed E-state index contributed by atoms with van der Waals surface area (Å²) in [5.41, 5.74) is 5.09. The predicted molar refractivity (Wildman–Crippen MR) is 58.9 cm³/mol. The number of rotatable bonds is 3. The number of hydrogen-bond acceptors (Lipinski definition) is 4. The van der Waals surface area contributed by atoms with E-state index in [2.05, 4.69) is 0 Å². The lowest BCUT2D eigenvalue weighted by molar-refractivity contribution is -0.204. The van der Waals surface area contributed by atoms with Gasteiger partial charge in [0.05, 0.1) is 5.41 Å². The molecule has 15 heavy (non-hydrogen) atoms. The zero-order valence-corrected chi connectivity index (χ0v) is 9.95. The van der Waals surface area contributed by atoms with Gasteiger partial charge < -0.3 is 10.6 Å². The Kier molecular flexibility index (Phi) is 4.11. The molecule has 2 N–H and O–H groups in total. The number of nitrogens with zero attached hydrogens (tertiary/aromatic N) is 1. The van der Waals surface area contributed by atoms with Gasteiger partial charge in [0, 0.05) is 12.6 Å². The highest BCUT2D eigenvalue weighted by atomic mass is 16.7. The molecule has 0 spiro atoms. The number of carbonyl (C=O) groups is 1. The van der Waals surface area contributed by atoms with Crippen LogP contribution in [-0.4, -0.2) is 30.2 Å². The molecule has 1 unspecified atom stereocenters. The number of nitrogens with two attached hydrogens (primary N) is 1. The minimum atomic E-state index is -0.435. The summed E-state index contributed by atoms with van der Waals surface area (Å²) in [4.78, 5) is 17.1. The summed E-state index contributed by atoms with van der Waals surface area (Å²) in [7, 11) is 0. The first-order valence-corrected chi connectivity index (χ1v) is 5.64. The summed E-state index contributed by atoms with van der Waals surface area (Å²) in [5.74, 6) is -0.161. The first kappa shape index (κ1) is 12.5. The Morgan fingerprint density at radius 3 is 2.73 bits per heavy atom. The van der Waals surface area contributed by atoms with Gasteiger partial charge in [-0.15, -0.1) is 5.06 Å². The smallest absolute Gasteiger partial charge is 0.330 e. The summed E-state index contributed by atoms with van der Waals surface area (Å²) < 4.78 is 0. The molecule has 0 bridgehead atoms. The van der Waals surface area contributed by atoms with Crippen molar-refractivity contribution in [1.82, 2.24) is 5.06 Å². The van der Waals surface area contributed by atoms with E-state index in [1.165, 1.54) is 0 Å². The second-order valence-corrected chi connectivity index (χ2v) is 5.14. The van der Waals surface area contributed by atoms with Crippen LogP contribution >= 0.6 is 0 Å². The van der Waals surface area contributed by atoms with Crippen LogP contribution in [0, 0.1) is 5.41 Å². The van der Waals surface area contributed by atoms with Gasteiger partial charge in [-0.3, -0.25) is 0 Å². The van der Waals surface area contributed by atoms with Crippen LogP contribution in [0.25, 0.3) is 0 Å². The lowest BCUT2D eigenvalue weighted by atomic mass is 9.98. The van der Waals surface area contributed by atoms with E-state index in [-0.39, 0.29) is 5.97 Å². The minimum absolute atomic E-state index is 0.161. The van der Waals surface area contributed by atoms with Crippen LogP contribution in [0.4, 0.5) is 0 Å². The molecule has 4 nitrogen and oxygen atoms in total. The minimum Gasteiger partial charge on any atom is -0.367 e. The molecule has 4 heteroatoms. The molecule has 1 heterocycles. The van der Waals surface area contributed by atoms with Crippen LogP contribution < -0.4 is 5.73 Å². The maximum Gasteiger partial charge on any atom is 0.330 e. The molecule has 0 radical (unpaired) electrons. The maximum absolute atomic E-state index is 11.7. The number of hydrogen-bond donors (Lipinski definition) is 1. The van der Waals surface area contributed by atoms with E-state index in [1.807, 2.05) is 20.8 Å². The van der Waals surface area contributed by atoms with Gasteiger partial charge in [-0.2, -0.15) is 0 Å². The van der Waals surface area contributed by atoms with E-state index in [1.54, 1.807) is 5.06 Å². The molecule has 0 saturated carbocycles. The zero-order valence-electron chi connectivity index (χ0n) is 9.95. The fourth-order valence-electron chi connectivity index (χ4n) is 1.65. The highest BCUT2D eigenvalue weighted by Gasteiger charge is 2.31. The predicted octanol–water partition coefficient (Wildman–Crippen LogP) is 1.30. The van der Waals surface area contributed by atoms with Gasteiger partial charge in [0.15, 0.2) is 0 Å². The SMILES string of the molecule is CC(C)(C)C(=O)ON1CCCC1CCN. The normalized spacial score (nSPS) is 23.1. The average molecular weight is 214 g/mol. The Morgan fingerprint density at radius 1 is 1.53 bits per heavy atom. The van der Waals surface area contributed by atoms with Crippen LogP contribution in [0.2, 0.25) is 0 Å². The van der Waals surface area contributed by atoms with Crippen molar-refractivity contribution in [3.05, 3.63) is 0 Å². The molecule has 0 aromatic heterocycles. The molecule has 0 aliphatic carbocycles. The van der Waals surface area contributed by atoms with Gasteiger partial charge in [0.2, 0.25) is 0 Å². The quantitative estimate of drug-likeness (QED) is 0.769. The van der Waals surface area contributed by atoms with Crippen molar-refractivity contribution in [2.75, 3.05) is 13.1 Å². The fraction of sp³-hybridized carbons (Fsp3) is 0.909. The topological polar surface area (TPSA) is 55.6 Å². The van der Waals surface area contributed by atoms with E-state index in [4.69, 9.17) is 10.6 Å². The molecular weight excluding hydrogens is 192 g/mol. The van der Waals surface area contributed by atoms with Gasteiger partial charge in [0.1, 0.15) is 0 Å². The molecule has 1 rings (SSSR count). The average Bonchev–Trinajstić information content (AvgIpc) is 2.52. The molecule has 1 fully saturated rings. The standard InChI is InChI=1S/C11H22N2O2/c1-11(2,3)10(14)15-13-8-4-5-9(13)6-7-12/h9H,4-8,12H2,1-3H3. The van der Waals surface area contributed by atoms with Crippen LogP contribution in [0.1, 0.15) is 40.0 Å². The maximum atomic E-state index is 11.7. The highest BCUT2D eigenvalue weighted by molar-refractivity contribution is 5.75. The van der Waals surface area contributed by atoms with Crippen molar-refractivity contribution in [3.8, 4) is 0 Å². The third kappa shape index (κ3) is 3.47. The summed E-state index contributed by atoms with van der Waals surface area (Å²) in [6.45, 7) is 7.08. The Morgan fingerprint density at radius 2 is 2.20 bits per heavy atom. The van der Waals surface area contributed by atoms with Crippen molar-refractivity contribution >= 4 is 5.97 Å². The van der Waals surface area contributed by atoms with Crippen LogP contribution in [0.5, 0.6) is 0 Å². The first-order valence-electron chi connectivity index (χ1n) is 5.64. The number of hydroxylamine groups is 2. The van der Waals surface area contributed by atoms with Crippen molar-refractivity contribution < 1.29 is 9.63 Å². The third-order valence-corrected chi connectivity index (χ3v) is 2.64. The van der Waals surface area contributed by atoms with Crippen LogP contribution in [0.15, 0.2) is 0 Å². The monoisotopic (exact) mass is 214 g/mol. The molecule has 1 saturated heterocycles. The lowest BCUT2D eigenvalue weighted by Gasteiger charge is -2.26. The van der Waals surface area contributed by atoms with Gasteiger partial charge in [-0.05, 0) is 46.6 Å². The van der Waals surface area contributed by atoms with E-state index in [0.29, 0.717) is 12.6 Å². The second kappa shape index (κ2) is 4.94. The molecule has 1 aliphatic heterocycles. The highest BCUT2D eigenvalue weighted by Crippen LogP contribution is 2.23. The Bertz CT molecular complexity index is 223. The molecule has 0 aromatic carbocycles. The lowest BCUT2D eigenvalue weighted by Crippen LogP contribution is -2.37. The summed E-state index contributed by atoms with van der Waals surface area (Å²) in [5, 5.41) is 1.81. The largest absolute Gasteiger partial charge is 0.367 e. The number of carbonyl (C=O) groups excluding carboxylic acids is 1. The second-order valence-electron chi connectivity index (χ2n) is 5.14. The summed E-state index contributed by atoms with van der Waals surface area (Å²) in [6.07, 6.45) is 3.06. The van der Waals surface area contributed by atoms with Crippen molar-refractivity contribution in [1.29, 1.82) is 0 Å². The Labute approximate surface area is 91.7 Å². The Hall–Kier alpha value is -0.610. The van der Waals surface area contributed by atoms with Crippen LogP contribution in [0.3, 0.4) is 0 Å². The van der Waals surface area contributed by atoms with Crippen molar-refractivity contribution in [2.45, 2.75) is 46.1 Å². The van der Waals surface area contributed by atoms with Crippen molar-refractivity contribution in [3.63, 3.8) is 0 Å². The van der Waals surface area contributed by atoms with E-state index < -0.39 is 5.41 Å². The molecule has 0 aromatic rings. The third-order valence-electron chi connectivity index (χ3n) is 2.64. The molecule has 88 valence electrons. The van der Waals surface area contributed by atoms with Gasteiger partial charge in [0.25, 0.3) is 0 Å². The van der Waals surface area contributed by atoms with Gasteiger partial charge in [-0.25, -0.2) is 4.79 Å². The first-order chi connectivity index (χ1) is 6.95. The van der Waals surface area contributed by atoms with E-state index in [9.17, 15) is 4.79 Å². The van der Waals surface area contributed by atoms with E-state index >= 15 is 0 Å². The van der Waals surface area contributed by atoms with Crippen molar-refractivity contribution in [2.24, 2.45) is 11.1 Å². The Balaban J connectivity index is 2.47. The molecular formula is C11H22N2O2. The molecule has 1 atom stereocenters. The van der Waals surface area contributed by atoms with Gasteiger partial charge >= 0.3 is 5.97 Å². The zero-order chi connectivity index (χ0) is 11.5.